The number of nitrogen functional groups attached to an aromatic ring is 1. The van der Waals surface area contributed by atoms with Crippen molar-refractivity contribution >= 4 is 17.3 Å². The Bertz CT molecular complexity index is 490. The molecule has 0 saturated carbocycles. The van der Waals surface area contributed by atoms with E-state index in [1.807, 2.05) is 19.9 Å². The van der Waals surface area contributed by atoms with Crippen LogP contribution in [0, 0.1) is 0 Å². The highest BCUT2D eigenvalue weighted by Gasteiger charge is 2.29. The van der Waals surface area contributed by atoms with E-state index in [1.54, 1.807) is 12.1 Å². The number of hydrogen-bond acceptors (Lipinski definition) is 4. The molecule has 5 nitrogen and oxygen atoms in total. The van der Waals surface area contributed by atoms with Gasteiger partial charge in [0, 0.05) is 25.3 Å². The summed E-state index contributed by atoms with van der Waals surface area (Å²) in [7, 11) is 0. The third-order valence-electron chi connectivity index (χ3n) is 3.79. The molecule has 2 rings (SSSR count). The Morgan fingerprint density at radius 3 is 2.70 bits per heavy atom. The van der Waals surface area contributed by atoms with Crippen molar-refractivity contribution in [3.05, 3.63) is 23.8 Å². The molecular formula is C15H23N3O2. The molecule has 0 bridgehead atoms. The van der Waals surface area contributed by atoms with Crippen molar-refractivity contribution < 1.29 is 9.90 Å². The average Bonchev–Trinajstić information content (AvgIpc) is 2.38. The first-order chi connectivity index (χ1) is 9.43. The molecule has 1 aromatic rings. The lowest BCUT2D eigenvalue weighted by atomic mass is 9.93. The zero-order chi connectivity index (χ0) is 14.8. The Hall–Kier alpha value is -1.75. The molecule has 0 spiro atoms. The summed E-state index contributed by atoms with van der Waals surface area (Å²) in [5, 5.41) is 12.8. The third kappa shape index (κ3) is 3.22. The van der Waals surface area contributed by atoms with Crippen LogP contribution in [0.3, 0.4) is 0 Å². The summed E-state index contributed by atoms with van der Waals surface area (Å²) < 4.78 is 0. The summed E-state index contributed by atoms with van der Waals surface area (Å²) in [6.07, 6.45) is 1.38. The van der Waals surface area contributed by atoms with Crippen LogP contribution in [0.1, 0.15) is 37.0 Å². The Kier molecular flexibility index (Phi) is 4.18. The van der Waals surface area contributed by atoms with Crippen LogP contribution in [0.5, 0.6) is 0 Å². The molecule has 0 unspecified atom stereocenters. The Balaban J connectivity index is 2.26. The normalized spacial score (nSPS) is 17.9. The number of nitrogens with zero attached hydrogens (tertiary/aromatic N) is 1. The maximum Gasteiger partial charge on any atom is 0.253 e. The fourth-order valence-electron chi connectivity index (χ4n) is 2.49. The van der Waals surface area contributed by atoms with E-state index in [0.717, 1.165) is 18.8 Å². The van der Waals surface area contributed by atoms with Gasteiger partial charge < -0.3 is 21.1 Å². The number of aliphatic hydroxyl groups is 1. The zero-order valence-corrected chi connectivity index (χ0v) is 12.1. The second-order valence-electron chi connectivity index (χ2n) is 5.62. The number of benzene rings is 1. The third-order valence-corrected chi connectivity index (χ3v) is 3.79. The van der Waals surface area contributed by atoms with Gasteiger partial charge in [-0.3, -0.25) is 4.79 Å². The number of piperidine rings is 1. The zero-order valence-electron chi connectivity index (χ0n) is 12.1. The second kappa shape index (κ2) is 5.71. The topological polar surface area (TPSA) is 78.6 Å². The lowest BCUT2D eigenvalue weighted by molar-refractivity contribution is 0.0351. The van der Waals surface area contributed by atoms with E-state index in [2.05, 4.69) is 10.2 Å². The van der Waals surface area contributed by atoms with Crippen molar-refractivity contribution in [1.82, 2.24) is 5.32 Å². The van der Waals surface area contributed by atoms with Crippen LogP contribution in [-0.2, 0) is 0 Å². The van der Waals surface area contributed by atoms with Crippen LogP contribution in [0.25, 0.3) is 0 Å². The van der Waals surface area contributed by atoms with Gasteiger partial charge in [-0.1, -0.05) is 0 Å². The minimum Gasteiger partial charge on any atom is -0.399 e. The maximum atomic E-state index is 12.1. The van der Waals surface area contributed by atoms with Crippen molar-refractivity contribution in [3.8, 4) is 0 Å². The fourth-order valence-corrected chi connectivity index (χ4v) is 2.49. The van der Waals surface area contributed by atoms with Crippen LogP contribution in [-0.4, -0.2) is 36.2 Å². The maximum absolute atomic E-state index is 12.1. The Morgan fingerprint density at radius 1 is 1.45 bits per heavy atom. The van der Waals surface area contributed by atoms with E-state index in [9.17, 15) is 9.90 Å². The number of amides is 1. The van der Waals surface area contributed by atoms with Gasteiger partial charge in [-0.05, 0) is 44.9 Å². The molecule has 1 saturated heterocycles. The molecular weight excluding hydrogens is 254 g/mol. The minimum atomic E-state index is -0.608. The largest absolute Gasteiger partial charge is 0.399 e. The van der Waals surface area contributed by atoms with Crippen LogP contribution >= 0.6 is 0 Å². The van der Waals surface area contributed by atoms with Gasteiger partial charge in [0.15, 0.2) is 0 Å². The molecule has 1 aromatic carbocycles. The smallest absolute Gasteiger partial charge is 0.253 e. The molecule has 0 aromatic heterocycles. The van der Waals surface area contributed by atoms with Gasteiger partial charge in [0.2, 0.25) is 0 Å². The molecule has 20 heavy (non-hydrogen) atoms. The molecule has 1 aliphatic heterocycles. The first-order valence-corrected chi connectivity index (χ1v) is 7.08. The minimum absolute atomic E-state index is 0.0835. The second-order valence-corrected chi connectivity index (χ2v) is 5.62. The number of hydrogen-bond donors (Lipinski definition) is 3. The highest BCUT2D eigenvalue weighted by Crippen LogP contribution is 2.29. The molecule has 1 fully saturated rings. The highest BCUT2D eigenvalue weighted by atomic mass is 16.3. The molecule has 5 heteroatoms. The first-order valence-electron chi connectivity index (χ1n) is 7.08. The van der Waals surface area contributed by atoms with Crippen LogP contribution < -0.4 is 16.0 Å². The molecule has 1 heterocycles. The van der Waals surface area contributed by atoms with Gasteiger partial charge in [0.25, 0.3) is 5.91 Å². The van der Waals surface area contributed by atoms with E-state index in [-0.39, 0.29) is 5.91 Å². The lowest BCUT2D eigenvalue weighted by Gasteiger charge is -2.37. The van der Waals surface area contributed by atoms with Gasteiger partial charge in [0.1, 0.15) is 0 Å². The van der Waals surface area contributed by atoms with Crippen molar-refractivity contribution in [3.63, 3.8) is 0 Å². The summed E-state index contributed by atoms with van der Waals surface area (Å²) in [6, 6.07) is 5.35. The number of nitrogens with one attached hydrogen (secondary N) is 1. The summed E-state index contributed by atoms with van der Waals surface area (Å²) in [5.41, 5.74) is 7.38. The Morgan fingerprint density at radius 2 is 2.10 bits per heavy atom. The van der Waals surface area contributed by atoms with E-state index in [0.29, 0.717) is 30.6 Å². The Labute approximate surface area is 119 Å². The van der Waals surface area contributed by atoms with Crippen molar-refractivity contribution in [1.29, 1.82) is 0 Å². The number of anilines is 2. The molecule has 0 aliphatic carbocycles. The lowest BCUT2D eigenvalue weighted by Crippen LogP contribution is -2.43. The molecule has 4 N–H and O–H groups in total. The van der Waals surface area contributed by atoms with Crippen LogP contribution in [0.2, 0.25) is 0 Å². The van der Waals surface area contributed by atoms with Gasteiger partial charge in [-0.25, -0.2) is 0 Å². The highest BCUT2D eigenvalue weighted by molar-refractivity contribution is 6.00. The van der Waals surface area contributed by atoms with Crippen LogP contribution in [0.4, 0.5) is 11.4 Å². The van der Waals surface area contributed by atoms with Crippen molar-refractivity contribution in [2.45, 2.75) is 32.3 Å². The predicted molar refractivity (Wildman–Crippen MR) is 80.9 cm³/mol. The van der Waals surface area contributed by atoms with E-state index >= 15 is 0 Å². The average molecular weight is 277 g/mol. The number of nitrogens with two attached hydrogens (primary N) is 1. The quantitative estimate of drug-likeness (QED) is 0.729. The van der Waals surface area contributed by atoms with Gasteiger partial charge in [-0.15, -0.1) is 0 Å². The van der Waals surface area contributed by atoms with Crippen molar-refractivity contribution in [2.75, 3.05) is 30.3 Å². The van der Waals surface area contributed by atoms with E-state index < -0.39 is 5.60 Å². The number of carbonyl (C=O) groups excluding carboxylic acids is 1. The molecule has 0 radical (unpaired) electrons. The van der Waals surface area contributed by atoms with E-state index in [4.69, 9.17) is 5.73 Å². The molecule has 0 atom stereocenters. The van der Waals surface area contributed by atoms with E-state index in [1.165, 1.54) is 0 Å². The standard InChI is InChI=1S/C15H23N3O2/c1-3-17-14(19)12-5-4-11(16)10-13(12)18-8-6-15(2,20)7-9-18/h4-5,10,20H,3,6-9,16H2,1-2H3,(H,17,19). The number of rotatable bonds is 3. The van der Waals surface area contributed by atoms with Gasteiger partial charge in [-0.2, -0.15) is 0 Å². The van der Waals surface area contributed by atoms with Gasteiger partial charge in [0.05, 0.1) is 16.9 Å². The van der Waals surface area contributed by atoms with Gasteiger partial charge >= 0.3 is 0 Å². The summed E-state index contributed by atoms with van der Waals surface area (Å²) in [5.74, 6) is -0.0835. The predicted octanol–water partition coefficient (Wildman–Crippen LogP) is 1.37. The van der Waals surface area contributed by atoms with Crippen LogP contribution in [0.15, 0.2) is 18.2 Å². The first kappa shape index (κ1) is 14.7. The summed E-state index contributed by atoms with van der Waals surface area (Å²) in [6.45, 7) is 5.80. The summed E-state index contributed by atoms with van der Waals surface area (Å²) in [4.78, 5) is 14.2. The number of carbonyl (C=O) groups is 1. The summed E-state index contributed by atoms with van der Waals surface area (Å²) >= 11 is 0. The van der Waals surface area contributed by atoms with Crippen molar-refractivity contribution in [2.24, 2.45) is 0 Å². The molecule has 1 aliphatic rings. The molecule has 110 valence electrons. The fraction of sp³-hybridized carbons (Fsp3) is 0.533. The molecule has 1 amide bonds. The monoisotopic (exact) mass is 277 g/mol. The SMILES string of the molecule is CCNC(=O)c1ccc(N)cc1N1CCC(C)(O)CC1.